The van der Waals surface area contributed by atoms with Crippen molar-refractivity contribution in [3.05, 3.63) is 101 Å². The highest BCUT2D eigenvalue weighted by molar-refractivity contribution is 5.41. The predicted octanol–water partition coefficient (Wildman–Crippen LogP) is 6.49. The summed E-state index contributed by atoms with van der Waals surface area (Å²) in [6.07, 6.45) is -6.46. The summed E-state index contributed by atoms with van der Waals surface area (Å²) in [5.41, 5.74) is -1.27. The molecule has 0 unspecified atom stereocenters. The van der Waals surface area contributed by atoms with Gasteiger partial charge in [0.2, 0.25) is 0 Å². The van der Waals surface area contributed by atoms with E-state index in [2.05, 4.69) is 4.98 Å². The third-order valence-corrected chi connectivity index (χ3v) is 4.40. The van der Waals surface area contributed by atoms with E-state index < -0.39 is 29.4 Å². The summed E-state index contributed by atoms with van der Waals surface area (Å²) >= 11 is 0. The van der Waals surface area contributed by atoms with Crippen molar-refractivity contribution in [2.24, 2.45) is 0 Å². The van der Waals surface area contributed by atoms with Gasteiger partial charge < -0.3 is 0 Å². The third-order valence-electron chi connectivity index (χ3n) is 4.40. The summed E-state index contributed by atoms with van der Waals surface area (Å²) in [6.45, 7) is 0. The monoisotopic (exact) mass is 395 g/mol. The first-order chi connectivity index (χ1) is 13.1. The Morgan fingerprint density at radius 2 is 1.21 bits per heavy atom. The number of hydrogen-bond donors (Lipinski definition) is 0. The molecule has 2 aromatic carbocycles. The van der Waals surface area contributed by atoms with Gasteiger partial charge in [-0.05, 0) is 53.4 Å². The summed E-state index contributed by atoms with van der Waals surface area (Å²) in [5, 5.41) is 0. The van der Waals surface area contributed by atoms with Crippen LogP contribution in [-0.2, 0) is 18.8 Å². The Hall–Kier alpha value is -2.83. The molecule has 3 aromatic rings. The number of benzene rings is 2. The Balaban J connectivity index is 2.16. The van der Waals surface area contributed by atoms with E-state index in [1.807, 2.05) is 0 Å². The second kappa shape index (κ2) is 7.66. The average molecular weight is 395 g/mol. The van der Waals surface area contributed by atoms with Crippen LogP contribution in [0, 0.1) is 0 Å². The quantitative estimate of drug-likeness (QED) is 0.460. The van der Waals surface area contributed by atoms with Gasteiger partial charge >= 0.3 is 12.4 Å². The molecule has 0 spiro atoms. The SMILES string of the molecule is FC(F)(F)c1cc([C@@H](Cc2ccncc2)c2ccccc2)cc(C(F)(F)F)c1. The Kier molecular flexibility index (Phi) is 5.45. The maximum absolute atomic E-state index is 13.3. The minimum absolute atomic E-state index is 0.0369. The number of pyridine rings is 1. The Labute approximate surface area is 157 Å². The molecule has 1 aromatic heterocycles. The Morgan fingerprint density at radius 3 is 1.71 bits per heavy atom. The zero-order valence-electron chi connectivity index (χ0n) is 14.4. The maximum Gasteiger partial charge on any atom is 0.416 e. The van der Waals surface area contributed by atoms with E-state index in [0.29, 0.717) is 5.56 Å². The molecule has 0 fully saturated rings. The lowest BCUT2D eigenvalue weighted by atomic mass is 9.84. The van der Waals surface area contributed by atoms with Gasteiger partial charge in [-0.25, -0.2) is 0 Å². The van der Waals surface area contributed by atoms with Gasteiger partial charge in [0.15, 0.2) is 0 Å². The molecular formula is C21H15F6N. The van der Waals surface area contributed by atoms with Gasteiger partial charge in [-0.3, -0.25) is 4.98 Å². The summed E-state index contributed by atoms with van der Waals surface area (Å²) in [5.74, 6) is -0.674. The molecule has 0 bridgehead atoms. The van der Waals surface area contributed by atoms with Crippen molar-refractivity contribution in [3.8, 4) is 0 Å². The molecule has 3 rings (SSSR count). The van der Waals surface area contributed by atoms with E-state index in [9.17, 15) is 26.3 Å². The third kappa shape index (κ3) is 4.71. The number of rotatable bonds is 4. The second-order valence-corrected chi connectivity index (χ2v) is 6.36. The fourth-order valence-corrected chi connectivity index (χ4v) is 3.05. The maximum atomic E-state index is 13.3. The number of alkyl halides is 6. The van der Waals surface area contributed by atoms with Gasteiger partial charge in [0.1, 0.15) is 0 Å². The lowest BCUT2D eigenvalue weighted by Gasteiger charge is -2.21. The van der Waals surface area contributed by atoms with Crippen molar-refractivity contribution in [1.29, 1.82) is 0 Å². The summed E-state index contributed by atoms with van der Waals surface area (Å²) in [4.78, 5) is 3.89. The molecular weight excluding hydrogens is 380 g/mol. The first-order valence-electron chi connectivity index (χ1n) is 8.38. The van der Waals surface area contributed by atoms with Gasteiger partial charge in [0, 0.05) is 18.3 Å². The highest BCUT2D eigenvalue weighted by Gasteiger charge is 2.37. The Bertz CT molecular complexity index is 885. The van der Waals surface area contributed by atoms with Gasteiger partial charge in [-0.2, -0.15) is 26.3 Å². The summed E-state index contributed by atoms with van der Waals surface area (Å²) in [7, 11) is 0. The molecule has 0 saturated heterocycles. The van der Waals surface area contributed by atoms with Crippen LogP contribution in [0.1, 0.15) is 33.7 Å². The lowest BCUT2D eigenvalue weighted by Crippen LogP contribution is -2.14. The minimum Gasteiger partial charge on any atom is -0.265 e. The highest BCUT2D eigenvalue weighted by atomic mass is 19.4. The highest BCUT2D eigenvalue weighted by Crippen LogP contribution is 2.39. The fraction of sp³-hybridized carbons (Fsp3) is 0.190. The summed E-state index contributed by atoms with van der Waals surface area (Å²) in [6, 6.07) is 13.7. The van der Waals surface area contributed by atoms with Gasteiger partial charge in [-0.1, -0.05) is 30.3 Å². The van der Waals surface area contributed by atoms with Gasteiger partial charge in [-0.15, -0.1) is 0 Å². The van der Waals surface area contributed by atoms with Crippen LogP contribution in [0.15, 0.2) is 73.1 Å². The molecule has 0 radical (unpaired) electrons. The van der Waals surface area contributed by atoms with E-state index >= 15 is 0 Å². The van der Waals surface area contributed by atoms with E-state index in [1.165, 1.54) is 12.4 Å². The van der Waals surface area contributed by atoms with Crippen LogP contribution < -0.4 is 0 Å². The van der Waals surface area contributed by atoms with Crippen molar-refractivity contribution in [2.45, 2.75) is 24.7 Å². The number of nitrogens with zero attached hydrogens (tertiary/aromatic N) is 1. The van der Waals surface area contributed by atoms with Crippen LogP contribution in [0.5, 0.6) is 0 Å². The first-order valence-corrected chi connectivity index (χ1v) is 8.38. The molecule has 1 heterocycles. The number of halogens is 6. The zero-order valence-corrected chi connectivity index (χ0v) is 14.4. The number of hydrogen-bond acceptors (Lipinski definition) is 1. The molecule has 1 atom stereocenters. The standard InChI is InChI=1S/C21H15F6N/c22-20(23,24)17-11-16(12-18(13-17)21(25,26)27)19(15-4-2-1-3-5-15)10-14-6-8-28-9-7-14/h1-9,11-13,19H,10H2/t19-/m0/s1. The topological polar surface area (TPSA) is 12.9 Å². The van der Waals surface area contributed by atoms with Crippen LogP contribution in [0.3, 0.4) is 0 Å². The molecule has 0 saturated carbocycles. The average Bonchev–Trinajstić information content (AvgIpc) is 2.66. The Morgan fingerprint density at radius 1 is 0.679 bits per heavy atom. The van der Waals surface area contributed by atoms with E-state index in [4.69, 9.17) is 0 Å². The largest absolute Gasteiger partial charge is 0.416 e. The molecule has 0 amide bonds. The molecule has 0 aliphatic carbocycles. The molecule has 0 aliphatic heterocycles. The van der Waals surface area contributed by atoms with Crippen molar-refractivity contribution in [3.63, 3.8) is 0 Å². The van der Waals surface area contributed by atoms with Crippen molar-refractivity contribution < 1.29 is 26.3 Å². The summed E-state index contributed by atoms with van der Waals surface area (Å²) < 4.78 is 79.5. The lowest BCUT2D eigenvalue weighted by molar-refractivity contribution is -0.143. The van der Waals surface area contributed by atoms with Crippen LogP contribution in [0.4, 0.5) is 26.3 Å². The van der Waals surface area contributed by atoms with E-state index in [1.54, 1.807) is 42.5 Å². The molecule has 28 heavy (non-hydrogen) atoms. The molecule has 0 aliphatic rings. The normalized spacial score (nSPS) is 13.4. The molecule has 7 heteroatoms. The van der Waals surface area contributed by atoms with Gasteiger partial charge in [0.25, 0.3) is 0 Å². The van der Waals surface area contributed by atoms with Crippen LogP contribution in [0.25, 0.3) is 0 Å². The molecule has 0 N–H and O–H groups in total. The molecule has 146 valence electrons. The van der Waals surface area contributed by atoms with Crippen molar-refractivity contribution >= 4 is 0 Å². The molecule has 1 nitrogen and oxygen atoms in total. The van der Waals surface area contributed by atoms with Crippen LogP contribution in [0.2, 0.25) is 0 Å². The van der Waals surface area contributed by atoms with Crippen molar-refractivity contribution in [2.75, 3.05) is 0 Å². The number of aromatic nitrogens is 1. The zero-order chi connectivity index (χ0) is 20.4. The minimum atomic E-state index is -4.88. The van der Waals surface area contributed by atoms with E-state index in [-0.39, 0.29) is 18.1 Å². The smallest absolute Gasteiger partial charge is 0.265 e. The van der Waals surface area contributed by atoms with Crippen LogP contribution >= 0.6 is 0 Å². The first kappa shape index (κ1) is 19.9. The second-order valence-electron chi connectivity index (χ2n) is 6.36. The van der Waals surface area contributed by atoms with Crippen molar-refractivity contribution in [1.82, 2.24) is 4.98 Å². The predicted molar refractivity (Wildman–Crippen MR) is 92.7 cm³/mol. The fourth-order valence-electron chi connectivity index (χ4n) is 3.05. The van der Waals surface area contributed by atoms with Gasteiger partial charge in [0.05, 0.1) is 11.1 Å². The van der Waals surface area contributed by atoms with Crippen LogP contribution in [-0.4, -0.2) is 4.98 Å². The van der Waals surface area contributed by atoms with E-state index in [0.717, 1.165) is 17.7 Å².